The normalized spacial score (nSPS) is 13.8. The predicted molar refractivity (Wildman–Crippen MR) is 251 cm³/mol. The quantitative estimate of drug-likeness (QED) is 0.161. The van der Waals surface area contributed by atoms with Crippen molar-refractivity contribution in [3.8, 4) is 67.5 Å². The SMILES string of the molecule is CC1(C)c2ccccc2-c2c(-c3nc(-c4ccccc4)nc(-c4ccccc4)n3)c3c(c(N(c4ccccc4)c4cccc(-c5ccccc5)c4)c21)C(C)(C)c1ccccc1-3. The fraction of sp³-hybridized carbons (Fsp3) is 0.105. The molecule has 292 valence electrons. The van der Waals surface area contributed by atoms with E-state index in [2.05, 4.69) is 190 Å². The van der Waals surface area contributed by atoms with Crippen molar-refractivity contribution in [1.29, 1.82) is 0 Å². The Kier molecular flexibility index (Phi) is 8.47. The number of hydrogen-bond donors (Lipinski definition) is 0. The number of rotatable bonds is 7. The first-order valence-corrected chi connectivity index (χ1v) is 21.1. The zero-order chi connectivity index (χ0) is 41.3. The highest BCUT2D eigenvalue weighted by molar-refractivity contribution is 6.09. The lowest BCUT2D eigenvalue weighted by Gasteiger charge is -2.38. The van der Waals surface area contributed by atoms with Gasteiger partial charge in [-0.2, -0.15) is 0 Å². The average Bonchev–Trinajstić information content (AvgIpc) is 3.70. The number of para-hydroxylation sites is 1. The second-order valence-electron chi connectivity index (χ2n) is 17.2. The van der Waals surface area contributed by atoms with E-state index < -0.39 is 10.8 Å². The Labute approximate surface area is 357 Å². The first kappa shape index (κ1) is 36.6. The van der Waals surface area contributed by atoms with Crippen molar-refractivity contribution in [3.63, 3.8) is 0 Å². The maximum Gasteiger partial charge on any atom is 0.165 e. The van der Waals surface area contributed by atoms with Crippen LogP contribution in [0.3, 0.4) is 0 Å². The van der Waals surface area contributed by atoms with Crippen LogP contribution in [0.5, 0.6) is 0 Å². The van der Waals surface area contributed by atoms with Gasteiger partial charge in [-0.15, -0.1) is 0 Å². The van der Waals surface area contributed by atoms with Crippen molar-refractivity contribution >= 4 is 17.1 Å². The third kappa shape index (κ3) is 5.78. The van der Waals surface area contributed by atoms with Crippen LogP contribution >= 0.6 is 0 Å². The highest BCUT2D eigenvalue weighted by Crippen LogP contribution is 2.66. The molecule has 0 N–H and O–H groups in total. The zero-order valence-corrected chi connectivity index (χ0v) is 34.8. The number of aromatic nitrogens is 3. The summed E-state index contributed by atoms with van der Waals surface area (Å²) in [6.45, 7) is 9.59. The Morgan fingerprint density at radius 3 is 1.25 bits per heavy atom. The molecule has 11 rings (SSSR count). The van der Waals surface area contributed by atoms with E-state index in [1.54, 1.807) is 0 Å². The lowest BCUT2D eigenvalue weighted by Crippen LogP contribution is -2.26. The van der Waals surface area contributed by atoms with Gasteiger partial charge in [-0.25, -0.2) is 15.0 Å². The molecule has 0 atom stereocenters. The molecule has 0 unspecified atom stereocenters. The van der Waals surface area contributed by atoms with E-state index in [4.69, 9.17) is 15.0 Å². The first-order chi connectivity index (χ1) is 29.8. The topological polar surface area (TPSA) is 41.9 Å². The van der Waals surface area contributed by atoms with Crippen LogP contribution in [0.15, 0.2) is 194 Å². The Morgan fingerprint density at radius 2 is 0.738 bits per heavy atom. The van der Waals surface area contributed by atoms with Gasteiger partial charge in [0.05, 0.1) is 5.69 Å². The van der Waals surface area contributed by atoms with E-state index in [1.165, 1.54) is 61.3 Å². The largest absolute Gasteiger partial charge is 0.310 e. The molecule has 2 aliphatic rings. The number of anilines is 3. The molecule has 0 amide bonds. The minimum Gasteiger partial charge on any atom is -0.310 e. The van der Waals surface area contributed by atoms with Gasteiger partial charge < -0.3 is 4.90 Å². The smallest absolute Gasteiger partial charge is 0.165 e. The molecule has 61 heavy (non-hydrogen) atoms. The molecule has 0 aliphatic heterocycles. The van der Waals surface area contributed by atoms with E-state index in [1.807, 2.05) is 36.4 Å². The molecule has 0 saturated heterocycles. The summed E-state index contributed by atoms with van der Waals surface area (Å²) in [6, 6.07) is 69.2. The molecule has 0 fully saturated rings. The average molecular weight is 785 g/mol. The van der Waals surface area contributed by atoms with Crippen LogP contribution in [-0.2, 0) is 10.8 Å². The molecule has 0 bridgehead atoms. The molecule has 2 aliphatic carbocycles. The van der Waals surface area contributed by atoms with E-state index in [-0.39, 0.29) is 0 Å². The molecule has 1 heterocycles. The van der Waals surface area contributed by atoms with E-state index in [0.29, 0.717) is 17.5 Å². The molecule has 4 nitrogen and oxygen atoms in total. The highest BCUT2D eigenvalue weighted by atomic mass is 15.2. The molecule has 1 aromatic heterocycles. The van der Waals surface area contributed by atoms with E-state index in [9.17, 15) is 0 Å². The summed E-state index contributed by atoms with van der Waals surface area (Å²) in [5, 5.41) is 0. The van der Waals surface area contributed by atoms with Crippen LogP contribution in [0.25, 0.3) is 67.5 Å². The van der Waals surface area contributed by atoms with Gasteiger partial charge in [-0.3, -0.25) is 0 Å². The molecule has 0 radical (unpaired) electrons. The van der Waals surface area contributed by atoms with E-state index in [0.717, 1.165) is 28.1 Å². The second kappa shape index (κ2) is 14.1. The summed E-state index contributed by atoms with van der Waals surface area (Å²) >= 11 is 0. The fourth-order valence-corrected chi connectivity index (χ4v) is 10.1. The van der Waals surface area contributed by atoms with Crippen LogP contribution < -0.4 is 4.90 Å². The van der Waals surface area contributed by atoms with Crippen LogP contribution in [0.2, 0.25) is 0 Å². The van der Waals surface area contributed by atoms with Crippen molar-refractivity contribution in [1.82, 2.24) is 15.0 Å². The van der Waals surface area contributed by atoms with Gasteiger partial charge >= 0.3 is 0 Å². The van der Waals surface area contributed by atoms with Gasteiger partial charge in [0.1, 0.15) is 0 Å². The summed E-state index contributed by atoms with van der Waals surface area (Å²) < 4.78 is 0. The summed E-state index contributed by atoms with van der Waals surface area (Å²) in [7, 11) is 0. The number of nitrogens with zero attached hydrogens (tertiary/aromatic N) is 4. The summed E-state index contributed by atoms with van der Waals surface area (Å²) in [4.78, 5) is 18.7. The summed E-state index contributed by atoms with van der Waals surface area (Å²) in [5.74, 6) is 1.97. The molecule has 4 heteroatoms. The zero-order valence-electron chi connectivity index (χ0n) is 34.8. The maximum absolute atomic E-state index is 5.50. The minimum atomic E-state index is -0.405. The first-order valence-electron chi connectivity index (χ1n) is 21.1. The van der Waals surface area contributed by atoms with E-state index >= 15 is 0 Å². The monoisotopic (exact) mass is 784 g/mol. The van der Waals surface area contributed by atoms with Gasteiger partial charge in [-0.1, -0.05) is 198 Å². The summed E-state index contributed by atoms with van der Waals surface area (Å²) in [5.41, 5.74) is 17.7. The van der Waals surface area contributed by atoms with Gasteiger partial charge in [0.2, 0.25) is 0 Å². The Hall–Kier alpha value is -7.43. The fourth-order valence-electron chi connectivity index (χ4n) is 10.1. The molecule has 0 spiro atoms. The highest BCUT2D eigenvalue weighted by Gasteiger charge is 2.49. The molecular weight excluding hydrogens is 741 g/mol. The predicted octanol–water partition coefficient (Wildman–Crippen LogP) is 14.6. The standard InChI is InChI=1S/C57H44N4/c1-56(2)45-34-19-17-32-43(45)47-49(55-59-53(38-24-11-6-12-25-38)58-54(60-55)39-26-13-7-14-27-39)48-44-33-18-20-35-46(44)57(3,4)51(48)52(50(47)56)61(41-29-15-8-16-30-41)42-31-21-28-40(36-42)37-22-9-5-10-23-37/h5-36H,1-4H3. The third-order valence-corrected chi connectivity index (χ3v) is 12.8. The van der Waals surface area contributed by atoms with Gasteiger partial charge in [0.15, 0.2) is 17.5 Å². The Bertz CT molecular complexity index is 2980. The van der Waals surface area contributed by atoms with Gasteiger partial charge in [0.25, 0.3) is 0 Å². The lowest BCUT2D eigenvalue weighted by atomic mass is 9.74. The third-order valence-electron chi connectivity index (χ3n) is 12.8. The molecule has 0 saturated carbocycles. The minimum absolute atomic E-state index is 0.405. The van der Waals surface area contributed by atoms with Crippen molar-refractivity contribution in [2.24, 2.45) is 0 Å². The number of fused-ring (bicyclic) bond motifs is 6. The van der Waals surface area contributed by atoms with Crippen molar-refractivity contribution < 1.29 is 0 Å². The number of hydrogen-bond acceptors (Lipinski definition) is 4. The van der Waals surface area contributed by atoms with Crippen molar-refractivity contribution in [2.45, 2.75) is 38.5 Å². The maximum atomic E-state index is 5.50. The van der Waals surface area contributed by atoms with Crippen molar-refractivity contribution in [3.05, 3.63) is 216 Å². The van der Waals surface area contributed by atoms with Gasteiger partial charge in [-0.05, 0) is 79.9 Å². The summed E-state index contributed by atoms with van der Waals surface area (Å²) in [6.07, 6.45) is 0. The Balaban J connectivity index is 1.33. The second-order valence-corrected chi connectivity index (χ2v) is 17.2. The molecular formula is C57H44N4. The van der Waals surface area contributed by atoms with Crippen LogP contribution in [-0.4, -0.2) is 15.0 Å². The van der Waals surface area contributed by atoms with Crippen LogP contribution in [0, 0.1) is 0 Å². The Morgan fingerprint density at radius 1 is 0.344 bits per heavy atom. The van der Waals surface area contributed by atoms with Crippen LogP contribution in [0.4, 0.5) is 17.1 Å². The molecule has 9 aromatic rings. The molecule has 8 aromatic carbocycles. The van der Waals surface area contributed by atoms with Gasteiger partial charge in [0, 0.05) is 38.9 Å². The number of benzene rings is 8. The lowest BCUT2D eigenvalue weighted by molar-refractivity contribution is 0.640. The van der Waals surface area contributed by atoms with Crippen molar-refractivity contribution in [2.75, 3.05) is 4.90 Å². The van der Waals surface area contributed by atoms with Crippen LogP contribution in [0.1, 0.15) is 49.9 Å².